The Hall–Kier alpha value is -1.43. The molecule has 1 rings (SSSR count). The highest BCUT2D eigenvalue weighted by Crippen LogP contribution is 2.12. The van der Waals surface area contributed by atoms with Gasteiger partial charge in [-0.05, 0) is 23.1 Å². The summed E-state index contributed by atoms with van der Waals surface area (Å²) < 4.78 is 0. The van der Waals surface area contributed by atoms with Crippen LogP contribution >= 0.6 is 0 Å². The molecular weight excluding hydrogens is 206 g/mol. The zero-order valence-electron chi connectivity index (χ0n) is 9.02. The average Bonchev–Trinajstić information content (AvgIpc) is 2.28. The van der Waals surface area contributed by atoms with Gasteiger partial charge in [0.25, 0.3) is 0 Å². The van der Waals surface area contributed by atoms with Crippen molar-refractivity contribution in [3.63, 3.8) is 0 Å². The summed E-state index contributed by atoms with van der Waals surface area (Å²) in [6, 6.07) is 4.69. The second kappa shape index (κ2) is 5.60. The first-order valence-corrected chi connectivity index (χ1v) is 5.07. The third kappa shape index (κ3) is 3.03. The minimum atomic E-state index is -1.00. The largest absolute Gasteiger partial charge is 0.480 e. The van der Waals surface area contributed by atoms with Crippen LogP contribution in [0.4, 0.5) is 0 Å². The van der Waals surface area contributed by atoms with Gasteiger partial charge in [0, 0.05) is 13.1 Å². The Labute approximate surface area is 94.2 Å². The molecule has 0 saturated carbocycles. The molecule has 0 aliphatic carbocycles. The van der Waals surface area contributed by atoms with Gasteiger partial charge < -0.3 is 22.3 Å². The summed E-state index contributed by atoms with van der Waals surface area (Å²) in [6.45, 7) is 0.820. The molecule has 1 atom stereocenters. The predicted molar refractivity (Wildman–Crippen MR) is 61.5 cm³/mol. The van der Waals surface area contributed by atoms with E-state index in [9.17, 15) is 4.79 Å². The molecule has 7 N–H and O–H groups in total. The molecule has 5 nitrogen and oxygen atoms in total. The van der Waals surface area contributed by atoms with Crippen LogP contribution in [0.25, 0.3) is 0 Å². The number of carboxylic acids is 1. The number of benzene rings is 1. The van der Waals surface area contributed by atoms with Gasteiger partial charge in [-0.1, -0.05) is 18.2 Å². The van der Waals surface area contributed by atoms with Crippen molar-refractivity contribution >= 4 is 5.97 Å². The molecule has 16 heavy (non-hydrogen) atoms. The Bertz CT molecular complexity index is 379. The number of nitrogens with two attached hydrogens (primary N) is 3. The summed E-state index contributed by atoms with van der Waals surface area (Å²) in [4.78, 5) is 10.6. The summed E-state index contributed by atoms with van der Waals surface area (Å²) in [5.74, 6) is -1.00. The molecule has 1 aromatic rings. The molecule has 88 valence electrons. The third-order valence-corrected chi connectivity index (χ3v) is 2.48. The lowest BCUT2D eigenvalue weighted by Gasteiger charge is -2.10. The molecule has 0 saturated heterocycles. The fourth-order valence-corrected chi connectivity index (χ4v) is 1.54. The van der Waals surface area contributed by atoms with E-state index in [0.717, 1.165) is 16.7 Å². The summed E-state index contributed by atoms with van der Waals surface area (Å²) in [5, 5.41) is 8.70. The Morgan fingerprint density at radius 2 is 1.88 bits per heavy atom. The molecular formula is C11H17N3O2. The minimum Gasteiger partial charge on any atom is -0.480 e. The summed E-state index contributed by atoms with van der Waals surface area (Å²) in [5.41, 5.74) is 19.4. The zero-order valence-corrected chi connectivity index (χ0v) is 9.02. The summed E-state index contributed by atoms with van der Waals surface area (Å²) in [6.07, 6.45) is 0.299. The highest BCUT2D eigenvalue weighted by Gasteiger charge is 2.12. The van der Waals surface area contributed by atoms with E-state index in [0.29, 0.717) is 19.5 Å². The van der Waals surface area contributed by atoms with E-state index in [-0.39, 0.29) is 0 Å². The number of hydrogen-bond acceptors (Lipinski definition) is 4. The van der Waals surface area contributed by atoms with Gasteiger partial charge in [-0.25, -0.2) is 0 Å². The van der Waals surface area contributed by atoms with Crippen molar-refractivity contribution in [2.24, 2.45) is 17.2 Å². The zero-order chi connectivity index (χ0) is 12.1. The van der Waals surface area contributed by atoms with Crippen molar-refractivity contribution < 1.29 is 9.90 Å². The first-order valence-electron chi connectivity index (χ1n) is 5.07. The van der Waals surface area contributed by atoms with Crippen LogP contribution < -0.4 is 17.2 Å². The first-order chi connectivity index (χ1) is 7.58. The third-order valence-electron chi connectivity index (χ3n) is 2.48. The van der Waals surface area contributed by atoms with Crippen LogP contribution in [0.15, 0.2) is 18.2 Å². The highest BCUT2D eigenvalue weighted by molar-refractivity contribution is 5.73. The van der Waals surface area contributed by atoms with Crippen LogP contribution in [0.1, 0.15) is 16.7 Å². The van der Waals surface area contributed by atoms with Crippen LogP contribution in [0.2, 0.25) is 0 Å². The van der Waals surface area contributed by atoms with E-state index >= 15 is 0 Å². The maximum atomic E-state index is 10.6. The van der Waals surface area contributed by atoms with Crippen molar-refractivity contribution in [2.45, 2.75) is 25.6 Å². The molecule has 0 aromatic heterocycles. The summed E-state index contributed by atoms with van der Waals surface area (Å²) >= 11 is 0. The Balaban J connectivity index is 2.86. The quantitative estimate of drug-likeness (QED) is 0.540. The SMILES string of the molecule is NCc1ccc(CC(N)C(=O)O)cc1CN. The second-order valence-electron chi connectivity index (χ2n) is 3.66. The topological polar surface area (TPSA) is 115 Å². The highest BCUT2D eigenvalue weighted by atomic mass is 16.4. The van der Waals surface area contributed by atoms with E-state index in [1.165, 1.54) is 0 Å². The molecule has 0 bridgehead atoms. The van der Waals surface area contributed by atoms with Gasteiger partial charge in [0.2, 0.25) is 0 Å². The van der Waals surface area contributed by atoms with Crippen LogP contribution in [0, 0.1) is 0 Å². The van der Waals surface area contributed by atoms with Gasteiger partial charge >= 0.3 is 5.97 Å². The monoisotopic (exact) mass is 223 g/mol. The van der Waals surface area contributed by atoms with Crippen LogP contribution in [-0.4, -0.2) is 17.1 Å². The fourth-order valence-electron chi connectivity index (χ4n) is 1.54. The number of carboxylic acid groups (broad SMARTS) is 1. The maximum absolute atomic E-state index is 10.6. The van der Waals surface area contributed by atoms with Gasteiger partial charge in [0.05, 0.1) is 0 Å². The van der Waals surface area contributed by atoms with E-state index in [4.69, 9.17) is 22.3 Å². The van der Waals surface area contributed by atoms with Gasteiger partial charge in [-0.2, -0.15) is 0 Å². The molecule has 0 aliphatic heterocycles. The molecule has 0 fully saturated rings. The lowest BCUT2D eigenvalue weighted by atomic mass is 10.00. The lowest BCUT2D eigenvalue weighted by molar-refractivity contribution is -0.138. The number of carbonyl (C=O) groups is 1. The standard InChI is InChI=1S/C11H17N3O2/c12-5-8-2-1-7(3-9(8)6-13)4-10(14)11(15)16/h1-3,10H,4-6,12-14H2,(H,15,16). The Morgan fingerprint density at radius 3 is 2.38 bits per heavy atom. The molecule has 1 aromatic carbocycles. The minimum absolute atomic E-state index is 0.299. The number of aliphatic carboxylic acids is 1. The first kappa shape index (κ1) is 12.6. The van der Waals surface area contributed by atoms with Crippen molar-refractivity contribution in [1.29, 1.82) is 0 Å². The van der Waals surface area contributed by atoms with Crippen LogP contribution in [0.3, 0.4) is 0 Å². The van der Waals surface area contributed by atoms with Gasteiger partial charge in [-0.3, -0.25) is 4.79 Å². The van der Waals surface area contributed by atoms with Gasteiger partial charge in [0.15, 0.2) is 0 Å². The molecule has 5 heteroatoms. The Morgan fingerprint density at radius 1 is 1.25 bits per heavy atom. The van der Waals surface area contributed by atoms with Crippen molar-refractivity contribution in [1.82, 2.24) is 0 Å². The predicted octanol–water partition coefficient (Wildman–Crippen LogP) is -0.442. The molecule has 1 unspecified atom stereocenters. The van der Waals surface area contributed by atoms with Crippen LogP contribution in [-0.2, 0) is 24.3 Å². The molecule has 0 heterocycles. The molecule has 0 amide bonds. The maximum Gasteiger partial charge on any atom is 0.320 e. The average molecular weight is 223 g/mol. The number of hydrogen-bond donors (Lipinski definition) is 4. The number of rotatable bonds is 5. The normalized spacial score (nSPS) is 12.4. The fraction of sp³-hybridized carbons (Fsp3) is 0.364. The van der Waals surface area contributed by atoms with Gasteiger partial charge in [-0.15, -0.1) is 0 Å². The van der Waals surface area contributed by atoms with E-state index in [1.807, 2.05) is 18.2 Å². The van der Waals surface area contributed by atoms with Crippen molar-refractivity contribution in [3.8, 4) is 0 Å². The Kier molecular flexibility index (Phi) is 4.42. The lowest BCUT2D eigenvalue weighted by Crippen LogP contribution is -2.32. The summed E-state index contributed by atoms with van der Waals surface area (Å²) in [7, 11) is 0. The van der Waals surface area contributed by atoms with E-state index < -0.39 is 12.0 Å². The van der Waals surface area contributed by atoms with Crippen molar-refractivity contribution in [3.05, 3.63) is 34.9 Å². The smallest absolute Gasteiger partial charge is 0.320 e. The van der Waals surface area contributed by atoms with Crippen molar-refractivity contribution in [2.75, 3.05) is 0 Å². The molecule has 0 radical (unpaired) electrons. The van der Waals surface area contributed by atoms with Crippen LogP contribution in [0.5, 0.6) is 0 Å². The van der Waals surface area contributed by atoms with E-state index in [2.05, 4.69) is 0 Å². The molecule has 0 spiro atoms. The van der Waals surface area contributed by atoms with E-state index in [1.54, 1.807) is 0 Å². The van der Waals surface area contributed by atoms with Gasteiger partial charge in [0.1, 0.15) is 6.04 Å². The second-order valence-corrected chi connectivity index (χ2v) is 3.66. The molecule has 0 aliphatic rings.